The Hall–Kier alpha value is -2.19. The summed E-state index contributed by atoms with van der Waals surface area (Å²) >= 11 is 1.54. The second kappa shape index (κ2) is 6.97. The minimum atomic E-state index is -3.45. The molecule has 1 amide bonds. The largest absolute Gasteiger partial charge is 0.495 e. The van der Waals surface area contributed by atoms with Crippen LogP contribution >= 0.6 is 11.8 Å². The maximum atomic E-state index is 12.5. The average Bonchev–Trinajstić information content (AvgIpc) is 2.98. The maximum Gasteiger partial charge on any atom is 0.238 e. The van der Waals surface area contributed by atoms with E-state index >= 15 is 0 Å². The fourth-order valence-electron chi connectivity index (χ4n) is 2.62. The van der Waals surface area contributed by atoms with E-state index in [-0.39, 0.29) is 16.8 Å². The highest BCUT2D eigenvalue weighted by Crippen LogP contribution is 2.37. The van der Waals surface area contributed by atoms with E-state index < -0.39 is 10.0 Å². The van der Waals surface area contributed by atoms with E-state index in [0.717, 1.165) is 11.2 Å². The normalized spacial score (nSPS) is 16.2. The number of ether oxygens (including phenoxy) is 1. The highest BCUT2D eigenvalue weighted by Gasteiger charge is 2.28. The number of carbonyl (C=O) groups excluding carboxylic acids is 1. The van der Waals surface area contributed by atoms with Gasteiger partial charge in [-0.15, -0.1) is 11.8 Å². The van der Waals surface area contributed by atoms with Crippen LogP contribution in [0.4, 0.5) is 11.4 Å². The molecule has 0 spiro atoms. The second-order valence-electron chi connectivity index (χ2n) is 5.70. The van der Waals surface area contributed by atoms with E-state index in [4.69, 9.17) is 4.74 Å². The molecule has 0 saturated carbocycles. The molecule has 2 N–H and O–H groups in total. The molecule has 0 radical (unpaired) electrons. The lowest BCUT2D eigenvalue weighted by molar-refractivity contribution is -0.115. The van der Waals surface area contributed by atoms with E-state index in [1.54, 1.807) is 18.2 Å². The van der Waals surface area contributed by atoms with Crippen molar-refractivity contribution in [2.24, 2.45) is 0 Å². The SMILES string of the molecule is COc1ccc(NC(=O)C2Cc3ccccc3S2)cc1NS(C)(=O)=O. The van der Waals surface area contributed by atoms with Gasteiger partial charge in [-0.2, -0.15) is 0 Å². The molecule has 2 aromatic carbocycles. The highest BCUT2D eigenvalue weighted by atomic mass is 32.2. The van der Waals surface area contributed by atoms with Crippen LogP contribution in [0.2, 0.25) is 0 Å². The van der Waals surface area contributed by atoms with Crippen LogP contribution in [0.5, 0.6) is 5.75 Å². The van der Waals surface area contributed by atoms with Crippen molar-refractivity contribution in [2.45, 2.75) is 16.6 Å². The first-order valence-corrected chi connectivity index (χ1v) is 10.3. The number of hydrogen-bond acceptors (Lipinski definition) is 5. The van der Waals surface area contributed by atoms with Crippen molar-refractivity contribution < 1.29 is 17.9 Å². The number of anilines is 2. The van der Waals surface area contributed by atoms with Gasteiger partial charge in [0.1, 0.15) is 5.75 Å². The zero-order valence-electron chi connectivity index (χ0n) is 13.8. The second-order valence-corrected chi connectivity index (χ2v) is 8.69. The Morgan fingerprint density at radius 1 is 1.24 bits per heavy atom. The molecule has 0 fully saturated rings. The van der Waals surface area contributed by atoms with Crippen molar-refractivity contribution in [1.82, 2.24) is 0 Å². The van der Waals surface area contributed by atoms with Gasteiger partial charge in [-0.25, -0.2) is 8.42 Å². The van der Waals surface area contributed by atoms with Gasteiger partial charge in [0.15, 0.2) is 0 Å². The number of thioether (sulfide) groups is 1. The first-order valence-electron chi connectivity index (χ1n) is 7.57. The number of methoxy groups -OCH3 is 1. The van der Waals surface area contributed by atoms with Gasteiger partial charge in [-0.1, -0.05) is 18.2 Å². The van der Waals surface area contributed by atoms with Crippen LogP contribution in [-0.2, 0) is 21.2 Å². The third-order valence-corrected chi connectivity index (χ3v) is 5.61. The van der Waals surface area contributed by atoms with E-state index in [2.05, 4.69) is 10.0 Å². The number of fused-ring (bicyclic) bond motifs is 1. The van der Waals surface area contributed by atoms with Gasteiger partial charge in [-0.05, 0) is 36.2 Å². The van der Waals surface area contributed by atoms with Gasteiger partial charge in [0, 0.05) is 10.6 Å². The van der Waals surface area contributed by atoms with Crippen LogP contribution in [0.15, 0.2) is 47.4 Å². The molecule has 1 aliphatic heterocycles. The standard InChI is InChI=1S/C17H18N2O4S2/c1-23-14-8-7-12(10-13(14)19-25(2,21)22)18-17(20)16-9-11-5-3-4-6-15(11)24-16/h3-8,10,16,19H,9H2,1-2H3,(H,18,20). The van der Waals surface area contributed by atoms with Crippen LogP contribution in [0.25, 0.3) is 0 Å². The minimum absolute atomic E-state index is 0.114. The van der Waals surface area contributed by atoms with E-state index in [9.17, 15) is 13.2 Å². The third kappa shape index (κ3) is 4.26. The minimum Gasteiger partial charge on any atom is -0.495 e. The molecule has 3 rings (SSSR count). The fraction of sp³-hybridized carbons (Fsp3) is 0.235. The number of rotatable bonds is 5. The molecule has 1 unspecified atom stereocenters. The number of nitrogens with one attached hydrogen (secondary N) is 2. The summed E-state index contributed by atoms with van der Waals surface area (Å²) < 4.78 is 30.5. The Morgan fingerprint density at radius 3 is 2.68 bits per heavy atom. The van der Waals surface area contributed by atoms with Gasteiger partial charge in [0.05, 0.1) is 24.3 Å². The van der Waals surface area contributed by atoms with Crippen molar-refractivity contribution in [3.05, 3.63) is 48.0 Å². The maximum absolute atomic E-state index is 12.5. The van der Waals surface area contributed by atoms with Crippen LogP contribution in [-0.4, -0.2) is 32.9 Å². The molecule has 8 heteroatoms. The summed E-state index contributed by atoms with van der Waals surface area (Å²) in [5.74, 6) is 0.266. The van der Waals surface area contributed by atoms with Crippen LogP contribution in [0, 0.1) is 0 Å². The Kier molecular flexibility index (Phi) is 4.91. The summed E-state index contributed by atoms with van der Waals surface area (Å²) in [4.78, 5) is 13.7. The zero-order chi connectivity index (χ0) is 18.0. The van der Waals surface area contributed by atoms with E-state index in [1.807, 2.05) is 24.3 Å². The molecule has 25 heavy (non-hydrogen) atoms. The Bertz CT molecular complexity index is 888. The van der Waals surface area contributed by atoms with Gasteiger partial charge >= 0.3 is 0 Å². The Balaban J connectivity index is 1.75. The smallest absolute Gasteiger partial charge is 0.238 e. The Morgan fingerprint density at radius 2 is 2.00 bits per heavy atom. The summed E-state index contributed by atoms with van der Waals surface area (Å²) in [7, 11) is -2.00. The van der Waals surface area contributed by atoms with Crippen molar-refractivity contribution in [1.29, 1.82) is 0 Å². The van der Waals surface area contributed by atoms with Gasteiger partial charge in [-0.3, -0.25) is 9.52 Å². The van der Waals surface area contributed by atoms with Crippen molar-refractivity contribution in [2.75, 3.05) is 23.4 Å². The molecule has 0 bridgehead atoms. The predicted octanol–water partition coefficient (Wildman–Crippen LogP) is 2.72. The van der Waals surface area contributed by atoms with E-state index in [0.29, 0.717) is 17.9 Å². The van der Waals surface area contributed by atoms with Gasteiger partial charge in [0.25, 0.3) is 0 Å². The van der Waals surface area contributed by atoms with Crippen molar-refractivity contribution >= 4 is 39.1 Å². The molecular weight excluding hydrogens is 360 g/mol. The van der Waals surface area contributed by atoms with Crippen molar-refractivity contribution in [3.8, 4) is 5.75 Å². The van der Waals surface area contributed by atoms with Gasteiger partial charge < -0.3 is 10.1 Å². The molecule has 1 heterocycles. The lowest BCUT2D eigenvalue weighted by Gasteiger charge is -2.14. The average molecular weight is 378 g/mol. The lowest BCUT2D eigenvalue weighted by atomic mass is 10.1. The van der Waals surface area contributed by atoms with Gasteiger partial charge in [0.2, 0.25) is 15.9 Å². The zero-order valence-corrected chi connectivity index (χ0v) is 15.4. The summed E-state index contributed by atoms with van der Waals surface area (Å²) in [5, 5.41) is 2.64. The highest BCUT2D eigenvalue weighted by molar-refractivity contribution is 8.01. The number of carbonyl (C=O) groups is 1. The first-order chi connectivity index (χ1) is 11.9. The summed E-state index contributed by atoms with van der Waals surface area (Å²) in [6.45, 7) is 0. The van der Waals surface area contributed by atoms with Crippen LogP contribution < -0.4 is 14.8 Å². The van der Waals surface area contributed by atoms with Crippen LogP contribution in [0.3, 0.4) is 0 Å². The number of hydrogen-bond donors (Lipinski definition) is 2. The number of amides is 1. The molecule has 2 aromatic rings. The lowest BCUT2D eigenvalue weighted by Crippen LogP contribution is -2.24. The van der Waals surface area contributed by atoms with Crippen LogP contribution in [0.1, 0.15) is 5.56 Å². The predicted molar refractivity (Wildman–Crippen MR) is 99.9 cm³/mol. The monoisotopic (exact) mass is 378 g/mol. The molecule has 0 saturated heterocycles. The molecule has 0 aliphatic carbocycles. The van der Waals surface area contributed by atoms with Crippen molar-refractivity contribution in [3.63, 3.8) is 0 Å². The fourth-order valence-corrected chi connectivity index (χ4v) is 4.37. The summed E-state index contributed by atoms with van der Waals surface area (Å²) in [5.41, 5.74) is 1.96. The Labute approximate surface area is 151 Å². The first kappa shape index (κ1) is 17.6. The molecule has 1 aliphatic rings. The summed E-state index contributed by atoms with van der Waals surface area (Å²) in [6, 6.07) is 12.8. The molecule has 132 valence electrons. The summed E-state index contributed by atoms with van der Waals surface area (Å²) in [6.07, 6.45) is 1.74. The quantitative estimate of drug-likeness (QED) is 0.836. The molecule has 0 aromatic heterocycles. The third-order valence-electron chi connectivity index (χ3n) is 3.70. The topological polar surface area (TPSA) is 84.5 Å². The number of benzene rings is 2. The van der Waals surface area contributed by atoms with E-state index in [1.165, 1.54) is 24.4 Å². The molecule has 6 nitrogen and oxygen atoms in total. The number of sulfonamides is 1. The molecular formula is C17H18N2O4S2. The molecule has 1 atom stereocenters.